The molecule has 2 N–H and O–H groups in total. The highest BCUT2D eigenvalue weighted by molar-refractivity contribution is 5.84. The Labute approximate surface area is 146 Å². The first-order valence-electron chi connectivity index (χ1n) is 9.03. The number of aliphatic imine (C=N–C) groups is 1. The molecule has 1 fully saturated rings. The number of ether oxygens (including phenoxy) is 1. The van der Waals surface area contributed by atoms with Crippen LogP contribution in [0.3, 0.4) is 0 Å². The number of hydrogen-bond acceptors (Lipinski definition) is 4. The van der Waals surface area contributed by atoms with Crippen LogP contribution in [0.2, 0.25) is 0 Å². The maximum absolute atomic E-state index is 11.8. The van der Waals surface area contributed by atoms with Crippen molar-refractivity contribution >= 4 is 11.9 Å². The number of unbranched alkanes of at least 4 members (excludes halogenated alkanes) is 1. The van der Waals surface area contributed by atoms with Crippen molar-refractivity contribution in [2.24, 2.45) is 4.99 Å². The lowest BCUT2D eigenvalue weighted by Crippen LogP contribution is -2.49. The fourth-order valence-corrected chi connectivity index (χ4v) is 2.54. The van der Waals surface area contributed by atoms with Crippen molar-refractivity contribution in [3.63, 3.8) is 0 Å². The van der Waals surface area contributed by atoms with Gasteiger partial charge in [0.15, 0.2) is 5.96 Å². The Morgan fingerprint density at radius 3 is 2.62 bits per heavy atom. The highest BCUT2D eigenvalue weighted by Crippen LogP contribution is 2.09. The largest absolute Gasteiger partial charge is 0.383 e. The zero-order valence-electron chi connectivity index (χ0n) is 15.8. The highest BCUT2D eigenvalue weighted by Gasteiger charge is 2.19. The van der Waals surface area contributed by atoms with E-state index in [-0.39, 0.29) is 12.5 Å². The number of hydrogen-bond donors (Lipinski definition) is 2. The minimum absolute atomic E-state index is 0.0148. The van der Waals surface area contributed by atoms with Crippen LogP contribution >= 0.6 is 0 Å². The summed E-state index contributed by atoms with van der Waals surface area (Å²) in [7, 11) is 5.25. The summed E-state index contributed by atoms with van der Waals surface area (Å²) < 4.78 is 5.14. The molecule has 0 aromatic carbocycles. The second kappa shape index (κ2) is 12.1. The molecule has 1 rings (SSSR count). The van der Waals surface area contributed by atoms with Gasteiger partial charge in [0.05, 0.1) is 6.61 Å². The Balaban J connectivity index is 2.46. The summed E-state index contributed by atoms with van der Waals surface area (Å²) in [6.07, 6.45) is 4.40. The van der Waals surface area contributed by atoms with Crippen molar-refractivity contribution in [2.45, 2.75) is 38.6 Å². The predicted octanol–water partition coefficient (Wildman–Crippen LogP) is 0.521. The number of likely N-dealkylation sites (N-methyl/N-ethyl adjacent to an activating group) is 1. The Kier molecular flexibility index (Phi) is 10.4. The Bertz CT molecular complexity index is 379. The molecule has 0 radical (unpaired) electrons. The fourth-order valence-electron chi connectivity index (χ4n) is 2.54. The number of methoxy groups -OCH3 is 1. The van der Waals surface area contributed by atoms with E-state index in [4.69, 9.17) is 4.74 Å². The molecule has 0 aromatic rings. The maximum Gasteiger partial charge on any atom is 0.243 e. The maximum atomic E-state index is 11.8. The molecule has 7 heteroatoms. The standard InChI is InChI=1S/C17H35N5O2/c1-5-6-9-18-17(19-14-16(23)21(2)3)20-15-7-10-22(11-8-15)12-13-24-4/h15H,5-14H2,1-4H3,(H2,18,19,20). The van der Waals surface area contributed by atoms with E-state index in [1.165, 1.54) is 0 Å². The van der Waals surface area contributed by atoms with Gasteiger partial charge in [0.1, 0.15) is 6.54 Å². The summed E-state index contributed by atoms with van der Waals surface area (Å²) in [4.78, 5) is 20.2. The van der Waals surface area contributed by atoms with Crippen molar-refractivity contribution in [1.82, 2.24) is 20.4 Å². The molecule has 1 aliphatic rings. The smallest absolute Gasteiger partial charge is 0.243 e. The van der Waals surface area contributed by atoms with Crippen molar-refractivity contribution in [3.05, 3.63) is 0 Å². The van der Waals surface area contributed by atoms with Crippen LogP contribution in [0.1, 0.15) is 32.6 Å². The number of likely N-dealkylation sites (tertiary alicyclic amines) is 1. The molecule has 0 spiro atoms. The van der Waals surface area contributed by atoms with Crippen molar-refractivity contribution in [3.8, 4) is 0 Å². The molecule has 0 aliphatic carbocycles. The summed E-state index contributed by atoms with van der Waals surface area (Å²) in [5.41, 5.74) is 0. The van der Waals surface area contributed by atoms with Gasteiger partial charge in [-0.25, -0.2) is 4.99 Å². The molecule has 1 heterocycles. The van der Waals surface area contributed by atoms with E-state index in [1.54, 1.807) is 26.1 Å². The second-order valence-electron chi connectivity index (χ2n) is 6.49. The molecule has 0 aromatic heterocycles. The van der Waals surface area contributed by atoms with Gasteiger partial charge < -0.3 is 25.2 Å². The summed E-state index contributed by atoms with van der Waals surface area (Å²) in [6.45, 7) is 7.15. The molecule has 0 bridgehead atoms. The van der Waals surface area contributed by atoms with Gasteiger partial charge in [-0.15, -0.1) is 0 Å². The molecule has 0 unspecified atom stereocenters. The van der Waals surface area contributed by atoms with Crippen LogP contribution in [-0.4, -0.2) is 88.2 Å². The molecule has 0 atom stereocenters. The second-order valence-corrected chi connectivity index (χ2v) is 6.49. The highest BCUT2D eigenvalue weighted by atomic mass is 16.5. The van der Waals surface area contributed by atoms with Gasteiger partial charge in [0.25, 0.3) is 0 Å². The van der Waals surface area contributed by atoms with E-state index in [2.05, 4.69) is 27.4 Å². The number of amides is 1. The quantitative estimate of drug-likeness (QED) is 0.364. The van der Waals surface area contributed by atoms with Crippen molar-refractivity contribution in [1.29, 1.82) is 0 Å². The molecule has 0 saturated carbocycles. The molecular weight excluding hydrogens is 306 g/mol. The van der Waals surface area contributed by atoms with Gasteiger partial charge in [-0.3, -0.25) is 4.79 Å². The third kappa shape index (κ3) is 8.49. The SMILES string of the molecule is CCCCNC(=NCC(=O)N(C)C)NC1CCN(CCOC)CC1. The van der Waals surface area contributed by atoms with Crippen LogP contribution in [0, 0.1) is 0 Å². The molecular formula is C17H35N5O2. The fraction of sp³-hybridized carbons (Fsp3) is 0.882. The normalized spacial score (nSPS) is 16.9. The molecule has 1 saturated heterocycles. The number of guanidine groups is 1. The Hall–Kier alpha value is -1.34. The third-order valence-electron chi connectivity index (χ3n) is 4.23. The van der Waals surface area contributed by atoms with E-state index in [0.29, 0.717) is 6.04 Å². The number of carbonyl (C=O) groups is 1. The number of carbonyl (C=O) groups excluding carboxylic acids is 1. The minimum atomic E-state index is 0.0148. The average molecular weight is 342 g/mol. The molecule has 24 heavy (non-hydrogen) atoms. The lowest BCUT2D eigenvalue weighted by atomic mass is 10.1. The lowest BCUT2D eigenvalue weighted by Gasteiger charge is -2.33. The van der Waals surface area contributed by atoms with Gasteiger partial charge in [0.2, 0.25) is 5.91 Å². The van der Waals surface area contributed by atoms with Crippen LogP contribution in [0.4, 0.5) is 0 Å². The van der Waals surface area contributed by atoms with Gasteiger partial charge in [-0.05, 0) is 19.3 Å². The first-order valence-corrected chi connectivity index (χ1v) is 9.03. The summed E-state index contributed by atoms with van der Waals surface area (Å²) in [5.74, 6) is 0.773. The predicted molar refractivity (Wildman–Crippen MR) is 98.4 cm³/mol. The van der Waals surface area contributed by atoms with Crippen molar-refractivity contribution < 1.29 is 9.53 Å². The molecule has 1 amide bonds. The van der Waals surface area contributed by atoms with Gasteiger partial charge >= 0.3 is 0 Å². The van der Waals surface area contributed by atoms with E-state index in [0.717, 1.165) is 64.4 Å². The monoisotopic (exact) mass is 341 g/mol. The zero-order chi connectivity index (χ0) is 17.8. The van der Waals surface area contributed by atoms with Crippen molar-refractivity contribution in [2.75, 3.05) is 60.5 Å². The number of piperidine rings is 1. The zero-order valence-corrected chi connectivity index (χ0v) is 15.8. The topological polar surface area (TPSA) is 69.2 Å². The number of rotatable bonds is 9. The molecule has 140 valence electrons. The minimum Gasteiger partial charge on any atom is -0.383 e. The first kappa shape index (κ1) is 20.7. The van der Waals surface area contributed by atoms with E-state index < -0.39 is 0 Å². The van der Waals surface area contributed by atoms with E-state index in [1.807, 2.05) is 0 Å². The van der Waals surface area contributed by atoms with Gasteiger partial charge in [-0.2, -0.15) is 0 Å². The van der Waals surface area contributed by atoms with E-state index in [9.17, 15) is 4.79 Å². The number of nitrogens with one attached hydrogen (secondary N) is 2. The Morgan fingerprint density at radius 2 is 2.04 bits per heavy atom. The lowest BCUT2D eigenvalue weighted by molar-refractivity contribution is -0.127. The molecule has 7 nitrogen and oxygen atoms in total. The van der Waals surface area contributed by atoms with Gasteiger partial charge in [0, 0.05) is 53.4 Å². The van der Waals surface area contributed by atoms with Crippen LogP contribution in [-0.2, 0) is 9.53 Å². The first-order chi connectivity index (χ1) is 11.6. The number of nitrogens with zero attached hydrogens (tertiary/aromatic N) is 3. The third-order valence-corrected chi connectivity index (χ3v) is 4.23. The summed E-state index contributed by atoms with van der Waals surface area (Å²) in [6, 6.07) is 0.408. The van der Waals surface area contributed by atoms with Crippen LogP contribution in [0.25, 0.3) is 0 Å². The average Bonchev–Trinajstić information content (AvgIpc) is 2.58. The van der Waals surface area contributed by atoms with Crippen LogP contribution in [0.5, 0.6) is 0 Å². The Morgan fingerprint density at radius 1 is 1.33 bits per heavy atom. The van der Waals surface area contributed by atoms with Crippen LogP contribution < -0.4 is 10.6 Å². The summed E-state index contributed by atoms with van der Waals surface area (Å²) in [5, 5.41) is 6.84. The molecule has 1 aliphatic heterocycles. The van der Waals surface area contributed by atoms with E-state index >= 15 is 0 Å². The van der Waals surface area contributed by atoms with Gasteiger partial charge in [-0.1, -0.05) is 13.3 Å². The summed E-state index contributed by atoms with van der Waals surface area (Å²) >= 11 is 0. The van der Waals surface area contributed by atoms with Crippen LogP contribution in [0.15, 0.2) is 4.99 Å².